The van der Waals surface area contributed by atoms with Gasteiger partial charge in [0.1, 0.15) is 18.1 Å². The van der Waals surface area contributed by atoms with Crippen LogP contribution in [0.15, 0.2) is 30.3 Å². The molecule has 3 aromatic rings. The van der Waals surface area contributed by atoms with Gasteiger partial charge in [0, 0.05) is 12.0 Å². The number of hydrogen-bond donors (Lipinski definition) is 5. The van der Waals surface area contributed by atoms with Crippen molar-refractivity contribution in [3.8, 4) is 23.0 Å². The summed E-state index contributed by atoms with van der Waals surface area (Å²) in [5.74, 6) is -0.0582. The van der Waals surface area contributed by atoms with Crippen LogP contribution in [0.2, 0.25) is 0 Å². The van der Waals surface area contributed by atoms with Gasteiger partial charge in [-0.3, -0.25) is 0 Å². The molecule has 0 fully saturated rings. The molecule has 30 heavy (non-hydrogen) atoms. The van der Waals surface area contributed by atoms with Crippen molar-refractivity contribution in [3.05, 3.63) is 87.0 Å². The zero-order valence-electron chi connectivity index (χ0n) is 17.6. The number of phenolic OH excluding ortho intramolecular Hbond substituents is 4. The molecule has 3 rings (SSSR count). The fraction of sp³-hybridized carbons (Fsp3) is 0.240. The molecule has 0 bridgehead atoms. The molecule has 0 aliphatic rings. The highest BCUT2D eigenvalue weighted by molar-refractivity contribution is 5.58. The molecule has 0 saturated heterocycles. The molecule has 0 atom stereocenters. The van der Waals surface area contributed by atoms with Crippen LogP contribution in [-0.2, 0) is 12.8 Å². The Kier molecular flexibility index (Phi) is 5.94. The quantitative estimate of drug-likeness (QED) is 0.391. The van der Waals surface area contributed by atoms with Crippen LogP contribution in [0.1, 0.15) is 50.1 Å². The molecule has 0 aliphatic carbocycles. The Morgan fingerprint density at radius 1 is 0.633 bits per heavy atom. The second kappa shape index (κ2) is 8.28. The Bertz CT molecular complexity index is 1070. The normalized spacial score (nSPS) is 11.1. The first-order chi connectivity index (χ1) is 14.1. The highest BCUT2D eigenvalue weighted by Gasteiger charge is 2.19. The first kappa shape index (κ1) is 21.5. The standard InChI is InChI=1S/C25H27O5/c1-13-5-17(6-14(2)23(13)28)9-19-11-22(27)25(30)20(21(19)12-26)10-18-7-15(3)24(29)16(4)8-18/h5-8,11-12,26-30H,9-10H2,1-4H3. The molecule has 0 spiro atoms. The first-order valence-corrected chi connectivity index (χ1v) is 9.74. The summed E-state index contributed by atoms with van der Waals surface area (Å²) in [6, 6.07) is 8.81. The van der Waals surface area contributed by atoms with Gasteiger partial charge in [-0.25, -0.2) is 0 Å². The van der Waals surface area contributed by atoms with Crippen LogP contribution in [0, 0.1) is 34.3 Å². The Morgan fingerprint density at radius 3 is 1.50 bits per heavy atom. The maximum absolute atomic E-state index is 10.5. The van der Waals surface area contributed by atoms with E-state index in [1.807, 2.05) is 38.1 Å². The summed E-state index contributed by atoms with van der Waals surface area (Å²) < 4.78 is 0. The second-order valence-electron chi connectivity index (χ2n) is 7.93. The largest absolute Gasteiger partial charge is 0.507 e. The minimum atomic E-state index is -0.277. The van der Waals surface area contributed by atoms with Crippen molar-refractivity contribution in [2.45, 2.75) is 40.5 Å². The third kappa shape index (κ3) is 4.07. The molecule has 5 heteroatoms. The van der Waals surface area contributed by atoms with Crippen LogP contribution < -0.4 is 0 Å². The van der Waals surface area contributed by atoms with E-state index in [9.17, 15) is 25.5 Å². The zero-order chi connectivity index (χ0) is 22.2. The van der Waals surface area contributed by atoms with Gasteiger partial charge in [0.05, 0.1) is 0 Å². The molecule has 157 valence electrons. The van der Waals surface area contributed by atoms with Crippen molar-refractivity contribution in [1.82, 2.24) is 0 Å². The Balaban J connectivity index is 2.08. The van der Waals surface area contributed by atoms with Gasteiger partial charge in [0.2, 0.25) is 0 Å². The van der Waals surface area contributed by atoms with E-state index in [0.717, 1.165) is 40.0 Å². The minimum absolute atomic E-state index is 0.228. The van der Waals surface area contributed by atoms with E-state index in [1.165, 1.54) is 6.07 Å². The number of aliphatic hydroxyl groups excluding tert-OH is 1. The van der Waals surface area contributed by atoms with E-state index in [1.54, 1.807) is 13.8 Å². The molecule has 0 unspecified atom stereocenters. The van der Waals surface area contributed by atoms with Crippen LogP contribution in [0.3, 0.4) is 0 Å². The average molecular weight is 407 g/mol. The van der Waals surface area contributed by atoms with E-state index in [-0.39, 0.29) is 29.4 Å². The topological polar surface area (TPSA) is 101 Å². The second-order valence-corrected chi connectivity index (χ2v) is 7.93. The monoisotopic (exact) mass is 407 g/mol. The van der Waals surface area contributed by atoms with E-state index < -0.39 is 0 Å². The Hall–Kier alpha value is -3.18. The molecule has 0 amide bonds. The van der Waals surface area contributed by atoms with E-state index in [4.69, 9.17) is 0 Å². The summed E-state index contributed by atoms with van der Waals surface area (Å²) in [6.45, 7) is 8.19. The Labute approximate surface area is 176 Å². The zero-order valence-corrected chi connectivity index (χ0v) is 17.6. The van der Waals surface area contributed by atoms with E-state index >= 15 is 0 Å². The number of aliphatic hydroxyl groups is 1. The van der Waals surface area contributed by atoms with Crippen molar-refractivity contribution in [2.75, 3.05) is 0 Å². The SMILES string of the molecule is Cc1cc(Cc2cc(O)c(O)c(Cc3cc(C)c(O)c(C)c3)c2[CH]O)cc(C)c1O. The summed E-state index contributed by atoms with van der Waals surface area (Å²) in [5, 5.41) is 50.9. The number of phenols is 4. The van der Waals surface area contributed by atoms with Gasteiger partial charge in [-0.1, -0.05) is 24.3 Å². The summed E-state index contributed by atoms with van der Waals surface area (Å²) in [4.78, 5) is 0. The molecule has 5 nitrogen and oxygen atoms in total. The van der Waals surface area contributed by atoms with E-state index in [0.29, 0.717) is 23.1 Å². The van der Waals surface area contributed by atoms with Crippen LogP contribution in [-0.4, -0.2) is 25.5 Å². The first-order valence-electron chi connectivity index (χ1n) is 9.74. The summed E-state index contributed by atoms with van der Waals surface area (Å²) >= 11 is 0. The highest BCUT2D eigenvalue weighted by Crippen LogP contribution is 2.38. The lowest BCUT2D eigenvalue weighted by atomic mass is 9.90. The minimum Gasteiger partial charge on any atom is -0.507 e. The number of rotatable bonds is 5. The summed E-state index contributed by atoms with van der Waals surface area (Å²) in [7, 11) is 0. The van der Waals surface area contributed by atoms with Crippen molar-refractivity contribution in [2.24, 2.45) is 0 Å². The van der Waals surface area contributed by atoms with Gasteiger partial charge < -0.3 is 25.5 Å². The molecule has 5 N–H and O–H groups in total. The highest BCUT2D eigenvalue weighted by atomic mass is 16.3. The van der Waals surface area contributed by atoms with Gasteiger partial charge in [0.15, 0.2) is 11.5 Å². The Morgan fingerprint density at radius 2 is 1.07 bits per heavy atom. The third-order valence-corrected chi connectivity index (χ3v) is 5.52. The number of hydrogen-bond acceptors (Lipinski definition) is 5. The molecule has 0 heterocycles. The lowest BCUT2D eigenvalue weighted by Gasteiger charge is -2.18. The van der Waals surface area contributed by atoms with Gasteiger partial charge in [0.25, 0.3) is 0 Å². The average Bonchev–Trinajstić information content (AvgIpc) is 2.68. The summed E-state index contributed by atoms with van der Waals surface area (Å²) in [5.41, 5.74) is 6.19. The predicted octanol–water partition coefficient (Wildman–Crippen LogP) is 4.81. The molecule has 0 aromatic heterocycles. The maximum Gasteiger partial charge on any atom is 0.161 e. The van der Waals surface area contributed by atoms with Gasteiger partial charge in [-0.2, -0.15) is 0 Å². The lowest BCUT2D eigenvalue weighted by molar-refractivity contribution is 0.391. The molecular weight excluding hydrogens is 380 g/mol. The maximum atomic E-state index is 10.5. The van der Waals surface area contributed by atoms with Crippen molar-refractivity contribution < 1.29 is 25.5 Å². The molecule has 1 radical (unpaired) electrons. The molecular formula is C25H27O5. The van der Waals surface area contributed by atoms with Crippen molar-refractivity contribution in [3.63, 3.8) is 0 Å². The third-order valence-electron chi connectivity index (χ3n) is 5.52. The smallest absolute Gasteiger partial charge is 0.161 e. The fourth-order valence-electron chi connectivity index (χ4n) is 3.99. The van der Waals surface area contributed by atoms with Crippen LogP contribution in [0.5, 0.6) is 23.0 Å². The van der Waals surface area contributed by atoms with Crippen LogP contribution in [0.4, 0.5) is 0 Å². The molecule has 3 aromatic carbocycles. The fourth-order valence-corrected chi connectivity index (χ4v) is 3.99. The molecule has 0 saturated carbocycles. The van der Waals surface area contributed by atoms with E-state index in [2.05, 4.69) is 0 Å². The number of aromatic hydroxyl groups is 4. The number of benzene rings is 3. The summed E-state index contributed by atoms with van der Waals surface area (Å²) in [6.07, 6.45) is 0.679. The lowest BCUT2D eigenvalue weighted by Crippen LogP contribution is -2.03. The van der Waals surface area contributed by atoms with Gasteiger partial charge in [-0.05, 0) is 84.7 Å². The van der Waals surface area contributed by atoms with Crippen LogP contribution in [0.25, 0.3) is 0 Å². The van der Waals surface area contributed by atoms with Crippen molar-refractivity contribution in [1.29, 1.82) is 0 Å². The van der Waals surface area contributed by atoms with Crippen LogP contribution >= 0.6 is 0 Å². The van der Waals surface area contributed by atoms with Crippen molar-refractivity contribution >= 4 is 0 Å². The number of aryl methyl sites for hydroxylation is 4. The predicted molar refractivity (Wildman–Crippen MR) is 116 cm³/mol. The molecule has 0 aliphatic heterocycles. The van der Waals surface area contributed by atoms with Gasteiger partial charge >= 0.3 is 0 Å². The van der Waals surface area contributed by atoms with Gasteiger partial charge in [-0.15, -0.1) is 0 Å².